The average Bonchev–Trinajstić information content (AvgIpc) is 3.35. The van der Waals surface area contributed by atoms with E-state index in [-0.39, 0.29) is 12.1 Å². The summed E-state index contributed by atoms with van der Waals surface area (Å²) >= 11 is 5.89. The molecule has 33 heavy (non-hydrogen) atoms. The fourth-order valence-electron chi connectivity index (χ4n) is 4.82. The molecule has 0 radical (unpaired) electrons. The van der Waals surface area contributed by atoms with Crippen molar-refractivity contribution in [3.8, 4) is 11.4 Å². The average molecular weight is 455 g/mol. The molecule has 2 atom stereocenters. The molecule has 0 unspecified atom stereocenters. The Morgan fingerprint density at radius 1 is 0.939 bits per heavy atom. The minimum atomic E-state index is -0.103. The Morgan fingerprint density at radius 2 is 1.67 bits per heavy atom. The van der Waals surface area contributed by atoms with Crippen molar-refractivity contribution in [2.45, 2.75) is 25.9 Å². The molecule has 4 aromatic rings. The molecule has 1 aliphatic rings. The first-order valence-corrected chi connectivity index (χ1v) is 11.4. The van der Waals surface area contributed by atoms with Gasteiger partial charge >= 0.3 is 0 Å². The molecule has 1 saturated heterocycles. The number of anilines is 1. The molecule has 1 N–H and O–H groups in total. The summed E-state index contributed by atoms with van der Waals surface area (Å²) in [6.07, 6.45) is 1.83. The van der Waals surface area contributed by atoms with Gasteiger partial charge in [0.15, 0.2) is 5.11 Å². The van der Waals surface area contributed by atoms with E-state index < -0.39 is 0 Å². The highest BCUT2D eigenvalue weighted by Crippen LogP contribution is 2.46. The van der Waals surface area contributed by atoms with Crippen molar-refractivity contribution in [3.63, 3.8) is 0 Å². The first kappa shape index (κ1) is 21.2. The molecule has 1 aliphatic heterocycles. The number of pyridine rings is 1. The second kappa shape index (κ2) is 8.71. The smallest absolute Gasteiger partial charge is 0.174 e. The number of nitrogens with one attached hydrogen (secondary N) is 1. The number of aryl methyl sites for hydroxylation is 1. The van der Waals surface area contributed by atoms with E-state index in [2.05, 4.69) is 76.1 Å². The zero-order chi connectivity index (χ0) is 22.9. The predicted octanol–water partition coefficient (Wildman–Crippen LogP) is 5.67. The summed E-state index contributed by atoms with van der Waals surface area (Å²) in [7, 11) is 1.69. The highest BCUT2D eigenvalue weighted by atomic mass is 32.1. The van der Waals surface area contributed by atoms with Crippen molar-refractivity contribution < 1.29 is 4.74 Å². The fourth-order valence-corrected chi connectivity index (χ4v) is 5.16. The van der Waals surface area contributed by atoms with Crippen LogP contribution in [0.3, 0.4) is 0 Å². The van der Waals surface area contributed by atoms with E-state index in [9.17, 15) is 0 Å². The van der Waals surface area contributed by atoms with Crippen LogP contribution in [0.25, 0.3) is 5.69 Å². The van der Waals surface area contributed by atoms with Crippen LogP contribution in [-0.2, 0) is 0 Å². The number of rotatable bonds is 5. The van der Waals surface area contributed by atoms with Crippen LogP contribution in [0.2, 0.25) is 0 Å². The highest BCUT2D eigenvalue weighted by Gasteiger charge is 2.43. The molecule has 6 heteroatoms. The lowest BCUT2D eigenvalue weighted by atomic mass is 9.96. The lowest BCUT2D eigenvalue weighted by Crippen LogP contribution is -2.30. The van der Waals surface area contributed by atoms with Crippen molar-refractivity contribution >= 4 is 23.0 Å². The second-order valence-electron chi connectivity index (χ2n) is 8.17. The Hall–Kier alpha value is -3.64. The zero-order valence-corrected chi connectivity index (χ0v) is 19.7. The summed E-state index contributed by atoms with van der Waals surface area (Å²) in [5, 5.41) is 4.20. The number of hydrogen-bond acceptors (Lipinski definition) is 3. The number of aromatic nitrogens is 2. The number of methoxy groups -OCH3 is 1. The van der Waals surface area contributed by atoms with Crippen LogP contribution < -0.4 is 15.0 Å². The third-order valence-corrected chi connectivity index (χ3v) is 6.56. The SMILES string of the molecule is COc1ccccc1N1C(=S)N[C@H](c2ccccn2)[C@@H]1c1cc(C)n(-c2ccccc2)c1C. The van der Waals surface area contributed by atoms with Crippen molar-refractivity contribution in [2.24, 2.45) is 0 Å². The van der Waals surface area contributed by atoms with Crippen LogP contribution in [0.4, 0.5) is 5.69 Å². The topological polar surface area (TPSA) is 42.3 Å². The standard InChI is InChI=1S/C27H26N4OS/c1-18-17-21(19(2)30(18)20-11-5-4-6-12-20)26-25(22-13-9-10-16-28-22)29-27(33)31(26)23-14-7-8-15-24(23)32-3/h4-17,25-26H,1-3H3,(H,29,33)/t25-,26+/m1/s1. The van der Waals surface area contributed by atoms with Crippen molar-refractivity contribution in [2.75, 3.05) is 12.0 Å². The molecular weight excluding hydrogens is 428 g/mol. The predicted molar refractivity (Wildman–Crippen MR) is 136 cm³/mol. The number of nitrogens with zero attached hydrogens (tertiary/aromatic N) is 3. The molecule has 1 fully saturated rings. The van der Waals surface area contributed by atoms with Crippen LogP contribution >= 0.6 is 12.2 Å². The zero-order valence-electron chi connectivity index (χ0n) is 18.9. The van der Waals surface area contributed by atoms with Crippen molar-refractivity contribution in [3.05, 3.63) is 108 Å². The number of ether oxygens (including phenoxy) is 1. The molecule has 0 bridgehead atoms. The molecule has 0 spiro atoms. The fraction of sp³-hybridized carbons (Fsp3) is 0.185. The van der Waals surface area contributed by atoms with Gasteiger partial charge in [-0.15, -0.1) is 0 Å². The van der Waals surface area contributed by atoms with Gasteiger partial charge in [0.1, 0.15) is 5.75 Å². The number of benzene rings is 2. The molecule has 2 aromatic carbocycles. The Morgan fingerprint density at radius 3 is 2.39 bits per heavy atom. The summed E-state index contributed by atoms with van der Waals surface area (Å²) < 4.78 is 8.01. The third kappa shape index (κ3) is 3.66. The van der Waals surface area contributed by atoms with Crippen molar-refractivity contribution in [1.82, 2.24) is 14.9 Å². The van der Waals surface area contributed by atoms with Crippen molar-refractivity contribution in [1.29, 1.82) is 0 Å². The van der Waals surface area contributed by atoms with E-state index in [1.54, 1.807) is 7.11 Å². The Bertz CT molecular complexity index is 1290. The van der Waals surface area contributed by atoms with Crippen LogP contribution in [0, 0.1) is 13.8 Å². The minimum absolute atomic E-state index is 0.0904. The first-order valence-electron chi connectivity index (χ1n) is 11.0. The van der Waals surface area contributed by atoms with Crippen LogP contribution in [0.15, 0.2) is 85.1 Å². The van der Waals surface area contributed by atoms with E-state index in [1.165, 1.54) is 17.0 Å². The van der Waals surface area contributed by atoms with Gasteiger partial charge in [0.2, 0.25) is 0 Å². The summed E-state index contributed by atoms with van der Waals surface area (Å²) in [4.78, 5) is 6.84. The number of thiocarbonyl (C=S) groups is 1. The van der Waals surface area contributed by atoms with Gasteiger partial charge in [-0.2, -0.15) is 0 Å². The van der Waals surface area contributed by atoms with Gasteiger partial charge in [-0.25, -0.2) is 0 Å². The van der Waals surface area contributed by atoms with Gasteiger partial charge in [-0.1, -0.05) is 36.4 Å². The lowest BCUT2D eigenvalue weighted by molar-refractivity contribution is 0.414. The van der Waals surface area contributed by atoms with Gasteiger partial charge in [0, 0.05) is 23.3 Å². The molecule has 5 rings (SSSR count). The quantitative estimate of drug-likeness (QED) is 0.393. The maximum absolute atomic E-state index is 5.89. The number of hydrogen-bond donors (Lipinski definition) is 1. The molecule has 5 nitrogen and oxygen atoms in total. The van der Waals surface area contributed by atoms with Gasteiger partial charge in [0.05, 0.1) is 30.6 Å². The largest absolute Gasteiger partial charge is 0.495 e. The van der Waals surface area contributed by atoms with Gasteiger partial charge < -0.3 is 19.5 Å². The molecule has 0 saturated carbocycles. The molecule has 0 amide bonds. The molecule has 3 heterocycles. The van der Waals surface area contributed by atoms with E-state index in [1.807, 2.05) is 42.6 Å². The van der Waals surface area contributed by atoms with Gasteiger partial charge in [-0.3, -0.25) is 4.98 Å². The van der Waals surface area contributed by atoms with Crippen LogP contribution in [-0.4, -0.2) is 21.8 Å². The van der Waals surface area contributed by atoms with E-state index in [0.717, 1.165) is 22.8 Å². The highest BCUT2D eigenvalue weighted by molar-refractivity contribution is 7.80. The maximum atomic E-state index is 5.89. The van der Waals surface area contributed by atoms with E-state index in [4.69, 9.17) is 17.0 Å². The first-order chi connectivity index (χ1) is 16.1. The number of para-hydroxylation sites is 3. The third-order valence-electron chi connectivity index (χ3n) is 6.25. The molecular formula is C27H26N4OS. The van der Waals surface area contributed by atoms with Gasteiger partial charge in [0.25, 0.3) is 0 Å². The van der Waals surface area contributed by atoms with E-state index in [0.29, 0.717) is 5.11 Å². The van der Waals surface area contributed by atoms with E-state index >= 15 is 0 Å². The van der Waals surface area contributed by atoms with Crippen LogP contribution in [0.1, 0.15) is 34.7 Å². The monoisotopic (exact) mass is 454 g/mol. The second-order valence-corrected chi connectivity index (χ2v) is 8.55. The lowest BCUT2D eigenvalue weighted by Gasteiger charge is -2.29. The molecule has 2 aromatic heterocycles. The van der Waals surface area contributed by atoms with Crippen LogP contribution in [0.5, 0.6) is 5.75 Å². The normalized spacial score (nSPS) is 17.8. The summed E-state index contributed by atoms with van der Waals surface area (Å²) in [6.45, 7) is 4.32. The Kier molecular flexibility index (Phi) is 5.60. The maximum Gasteiger partial charge on any atom is 0.174 e. The van der Waals surface area contributed by atoms with Gasteiger partial charge in [-0.05, 0) is 74.1 Å². The molecule has 0 aliphatic carbocycles. The molecule has 166 valence electrons. The Labute approximate surface area is 199 Å². The Balaban J connectivity index is 1.71. The summed E-state index contributed by atoms with van der Waals surface area (Å²) in [5.74, 6) is 0.783. The summed E-state index contributed by atoms with van der Waals surface area (Å²) in [5.41, 5.74) is 6.58. The summed E-state index contributed by atoms with van der Waals surface area (Å²) in [6, 6.07) is 26.5. The minimum Gasteiger partial charge on any atom is -0.495 e.